The molecule has 0 fully saturated rings. The van der Waals surface area contributed by atoms with Gasteiger partial charge >= 0.3 is 0 Å². The van der Waals surface area contributed by atoms with Crippen molar-refractivity contribution in [3.8, 4) is 0 Å². The fourth-order valence-electron chi connectivity index (χ4n) is 1.66. The number of anilines is 1. The van der Waals surface area contributed by atoms with Gasteiger partial charge in [-0.1, -0.05) is 12.1 Å². The molecule has 2 rings (SSSR count). The number of halogens is 2. The lowest BCUT2D eigenvalue weighted by atomic mass is 10.1. The molecule has 0 N–H and O–H groups in total. The van der Waals surface area contributed by atoms with Crippen molar-refractivity contribution in [2.24, 2.45) is 0 Å². The molecule has 0 saturated carbocycles. The second kappa shape index (κ2) is 4.79. The van der Waals surface area contributed by atoms with Crippen LogP contribution in [0.1, 0.15) is 10.4 Å². The van der Waals surface area contributed by atoms with Crippen LogP contribution in [0.25, 0.3) is 0 Å². The van der Waals surface area contributed by atoms with E-state index in [4.69, 9.17) is 22.8 Å². The van der Waals surface area contributed by atoms with Crippen LogP contribution in [-0.4, -0.2) is 30.1 Å². The highest BCUT2D eigenvalue weighted by Crippen LogP contribution is 2.55. The number of hydrogen-bond acceptors (Lipinski definition) is 2. The molecule has 0 saturated heterocycles. The number of para-hydroxylation sites is 1. The Hall–Kier alpha value is -0.500. The van der Waals surface area contributed by atoms with Crippen molar-refractivity contribution in [2.75, 3.05) is 24.1 Å². The molecule has 16 heavy (non-hydrogen) atoms. The first-order valence-corrected chi connectivity index (χ1v) is 7.52. The van der Waals surface area contributed by atoms with Gasteiger partial charge in [0.1, 0.15) is 0 Å². The Morgan fingerprint density at radius 3 is 2.75 bits per heavy atom. The van der Waals surface area contributed by atoms with Crippen molar-refractivity contribution in [2.45, 2.75) is 0 Å². The van der Waals surface area contributed by atoms with Gasteiger partial charge in [-0.25, -0.2) is 0 Å². The summed E-state index contributed by atoms with van der Waals surface area (Å²) in [5.41, 5.74) is 1.57. The lowest BCUT2D eigenvalue weighted by Crippen LogP contribution is -2.35. The smallest absolute Gasteiger partial charge is 0.261 e. The van der Waals surface area contributed by atoms with E-state index in [1.54, 1.807) is 11.7 Å². The number of carbonyl (C=O) groups excluding carboxylic acids is 1. The Balaban J connectivity index is 2.48. The number of nitrogens with zero attached hydrogens (tertiary/aromatic N) is 2. The van der Waals surface area contributed by atoms with E-state index in [0.29, 0.717) is 18.0 Å². The molecule has 3 nitrogen and oxygen atoms in total. The molecule has 6 heteroatoms. The molecular formula is C10H11Cl2N2OP. The molecule has 1 aliphatic rings. The van der Waals surface area contributed by atoms with Gasteiger partial charge in [0.2, 0.25) is 0 Å². The Morgan fingerprint density at radius 1 is 1.38 bits per heavy atom. The maximum atomic E-state index is 12.0. The molecule has 1 aromatic carbocycles. The minimum Gasteiger partial charge on any atom is -0.319 e. The van der Waals surface area contributed by atoms with Crippen LogP contribution in [0.4, 0.5) is 5.69 Å². The standard InChI is InChI=1S/C10H11Cl2N2OP/c1-13-10(15)8-4-2-3-5-9(8)14(7-6-11)16(13)12/h2-5H,6-7H2,1H3. The van der Waals surface area contributed by atoms with E-state index >= 15 is 0 Å². The van der Waals surface area contributed by atoms with Crippen LogP contribution in [0, 0.1) is 0 Å². The van der Waals surface area contributed by atoms with Gasteiger partial charge in [-0.3, -0.25) is 9.46 Å². The van der Waals surface area contributed by atoms with E-state index in [-0.39, 0.29) is 5.91 Å². The number of carbonyl (C=O) groups is 1. The molecule has 1 amide bonds. The molecule has 0 bridgehead atoms. The van der Waals surface area contributed by atoms with Gasteiger partial charge in [0, 0.05) is 19.5 Å². The summed E-state index contributed by atoms with van der Waals surface area (Å²) in [6.45, 7) is 0.644. The van der Waals surface area contributed by atoms with Crippen molar-refractivity contribution < 1.29 is 4.79 Å². The van der Waals surface area contributed by atoms with Gasteiger partial charge in [-0.05, 0) is 23.4 Å². The van der Waals surface area contributed by atoms with Crippen LogP contribution in [0.15, 0.2) is 24.3 Å². The third-order valence-electron chi connectivity index (χ3n) is 2.45. The molecule has 1 aromatic rings. The molecule has 1 aliphatic heterocycles. The topological polar surface area (TPSA) is 23.6 Å². The van der Waals surface area contributed by atoms with Gasteiger partial charge in [0.15, 0.2) is 7.58 Å². The van der Waals surface area contributed by atoms with Gasteiger partial charge in [-0.15, -0.1) is 11.6 Å². The first-order valence-electron chi connectivity index (χ1n) is 4.83. The Kier molecular flexibility index (Phi) is 3.58. The van der Waals surface area contributed by atoms with Gasteiger partial charge < -0.3 is 4.67 Å². The molecule has 0 spiro atoms. The van der Waals surface area contributed by atoms with E-state index in [9.17, 15) is 4.79 Å². The first-order chi connectivity index (χ1) is 7.66. The average molecular weight is 277 g/mol. The zero-order valence-electron chi connectivity index (χ0n) is 8.73. The van der Waals surface area contributed by atoms with E-state index in [1.807, 2.05) is 28.9 Å². The third-order valence-corrected chi connectivity index (χ3v) is 5.34. The molecule has 86 valence electrons. The number of alkyl halides is 1. The predicted molar refractivity (Wildman–Crippen MR) is 69.4 cm³/mol. The van der Waals surface area contributed by atoms with Crippen molar-refractivity contribution in [3.63, 3.8) is 0 Å². The van der Waals surface area contributed by atoms with Gasteiger partial charge in [0.05, 0.1) is 11.3 Å². The molecule has 1 atom stereocenters. The summed E-state index contributed by atoms with van der Waals surface area (Å²) >= 11 is 12.0. The summed E-state index contributed by atoms with van der Waals surface area (Å²) in [5.74, 6) is 0.463. The second-order valence-electron chi connectivity index (χ2n) is 3.40. The SMILES string of the molecule is CN1C(=O)c2ccccc2N(CCCl)P1Cl. The van der Waals surface area contributed by atoms with Crippen molar-refractivity contribution >= 4 is 42.0 Å². The molecule has 1 unspecified atom stereocenters. The highest BCUT2D eigenvalue weighted by Gasteiger charge is 2.34. The number of benzene rings is 1. The number of rotatable bonds is 2. The Morgan fingerprint density at radius 2 is 2.06 bits per heavy atom. The van der Waals surface area contributed by atoms with Crippen LogP contribution in [0.5, 0.6) is 0 Å². The molecular weight excluding hydrogens is 266 g/mol. The van der Waals surface area contributed by atoms with Crippen molar-refractivity contribution in [1.82, 2.24) is 4.67 Å². The highest BCUT2D eigenvalue weighted by atomic mass is 35.7. The first kappa shape index (κ1) is 12.0. The summed E-state index contributed by atoms with van der Waals surface area (Å²) in [6, 6.07) is 7.48. The van der Waals surface area contributed by atoms with E-state index in [0.717, 1.165) is 5.69 Å². The zero-order valence-corrected chi connectivity index (χ0v) is 11.1. The maximum Gasteiger partial charge on any atom is 0.261 e. The minimum absolute atomic E-state index is 0.0254. The number of fused-ring (bicyclic) bond motifs is 1. The van der Waals surface area contributed by atoms with E-state index in [2.05, 4.69) is 0 Å². The van der Waals surface area contributed by atoms with E-state index < -0.39 is 7.58 Å². The van der Waals surface area contributed by atoms with Crippen molar-refractivity contribution in [1.29, 1.82) is 0 Å². The second-order valence-corrected chi connectivity index (χ2v) is 6.25. The molecule has 0 aliphatic carbocycles. The summed E-state index contributed by atoms with van der Waals surface area (Å²) < 4.78 is 3.56. The van der Waals surface area contributed by atoms with Crippen LogP contribution in [-0.2, 0) is 0 Å². The van der Waals surface area contributed by atoms with Crippen LogP contribution >= 0.6 is 30.4 Å². The average Bonchev–Trinajstić information content (AvgIpc) is 2.32. The number of hydrogen-bond donors (Lipinski definition) is 0. The summed E-state index contributed by atoms with van der Waals surface area (Å²) in [7, 11) is 0.577. The molecule has 1 heterocycles. The largest absolute Gasteiger partial charge is 0.319 e. The maximum absolute atomic E-state index is 12.0. The lowest BCUT2D eigenvalue weighted by Gasteiger charge is -2.39. The summed E-state index contributed by atoms with van der Waals surface area (Å²) in [5, 5.41) is 0. The fraction of sp³-hybridized carbons (Fsp3) is 0.300. The van der Waals surface area contributed by atoms with Gasteiger partial charge in [0.25, 0.3) is 5.91 Å². The predicted octanol–water partition coefficient (Wildman–Crippen LogP) is 3.28. The quantitative estimate of drug-likeness (QED) is 0.611. The third kappa shape index (κ3) is 1.88. The van der Waals surface area contributed by atoms with Crippen LogP contribution < -0.4 is 4.67 Å². The van der Waals surface area contributed by atoms with Crippen LogP contribution in [0.3, 0.4) is 0 Å². The zero-order chi connectivity index (χ0) is 11.7. The fourth-order valence-corrected chi connectivity index (χ4v) is 3.83. The van der Waals surface area contributed by atoms with E-state index in [1.165, 1.54) is 0 Å². The lowest BCUT2D eigenvalue weighted by molar-refractivity contribution is 0.0885. The van der Waals surface area contributed by atoms with Crippen molar-refractivity contribution in [3.05, 3.63) is 29.8 Å². The summed E-state index contributed by atoms with van der Waals surface area (Å²) in [6.07, 6.45) is 0. The molecule has 0 aromatic heterocycles. The van der Waals surface area contributed by atoms with Crippen LogP contribution in [0.2, 0.25) is 0 Å². The highest BCUT2D eigenvalue weighted by molar-refractivity contribution is 7.83. The Labute approximate surface area is 106 Å². The summed E-state index contributed by atoms with van der Waals surface area (Å²) in [4.78, 5) is 12.0. The normalized spacial score (nSPS) is 19.9. The Bertz CT molecular complexity index is 416. The van der Waals surface area contributed by atoms with Gasteiger partial charge in [-0.2, -0.15) is 0 Å². The minimum atomic E-state index is -1.14. The number of amides is 1. The monoisotopic (exact) mass is 276 g/mol. The molecule has 0 radical (unpaired) electrons.